The van der Waals surface area contributed by atoms with E-state index in [1.807, 2.05) is 36.4 Å². The fraction of sp³-hybridized carbons (Fsp3) is 0.172. The first-order valence-corrected chi connectivity index (χ1v) is 12.9. The van der Waals surface area contributed by atoms with E-state index in [1.165, 1.54) is 15.8 Å². The Morgan fingerprint density at radius 3 is 2.38 bits per heavy atom. The summed E-state index contributed by atoms with van der Waals surface area (Å²) in [5.41, 5.74) is 6.07. The van der Waals surface area contributed by atoms with Gasteiger partial charge in [-0.15, -0.1) is 11.3 Å². The molecule has 0 spiro atoms. The second kappa shape index (κ2) is 11.2. The van der Waals surface area contributed by atoms with Crippen molar-refractivity contribution in [3.63, 3.8) is 0 Å². The van der Waals surface area contributed by atoms with Crippen LogP contribution >= 0.6 is 11.3 Å². The molecule has 8 heteroatoms. The normalized spacial score (nSPS) is 10.9. The highest BCUT2D eigenvalue weighted by atomic mass is 32.1. The Kier molecular flexibility index (Phi) is 7.37. The molecule has 0 saturated carbocycles. The van der Waals surface area contributed by atoms with Gasteiger partial charge in [-0.25, -0.2) is 19.7 Å². The van der Waals surface area contributed by atoms with E-state index in [1.54, 1.807) is 23.5 Å². The van der Waals surface area contributed by atoms with E-state index in [2.05, 4.69) is 42.6 Å². The number of carbonyl (C=O) groups is 1. The van der Waals surface area contributed by atoms with Crippen LogP contribution in [0.25, 0.3) is 10.2 Å². The smallest absolute Gasteiger partial charge is 0.341 e. The summed E-state index contributed by atoms with van der Waals surface area (Å²) in [7, 11) is 0. The van der Waals surface area contributed by atoms with Crippen molar-refractivity contribution in [1.82, 2.24) is 15.0 Å². The lowest BCUT2D eigenvalue weighted by Gasteiger charge is -2.10. The molecule has 0 fully saturated rings. The third kappa shape index (κ3) is 6.48. The number of nitrogens with one attached hydrogen (secondary N) is 1. The molecular weight excluding hydrogens is 484 g/mol. The Balaban J connectivity index is 1.40. The van der Waals surface area contributed by atoms with Crippen molar-refractivity contribution < 1.29 is 14.6 Å². The second-order valence-electron chi connectivity index (χ2n) is 8.61. The van der Waals surface area contributed by atoms with Crippen LogP contribution < -0.4 is 10.1 Å². The maximum Gasteiger partial charge on any atom is 0.341 e. The van der Waals surface area contributed by atoms with Gasteiger partial charge in [0.1, 0.15) is 5.75 Å². The van der Waals surface area contributed by atoms with Crippen LogP contribution in [0.2, 0.25) is 0 Å². The van der Waals surface area contributed by atoms with Gasteiger partial charge in [-0.3, -0.25) is 0 Å². The fourth-order valence-corrected chi connectivity index (χ4v) is 5.02. The molecule has 37 heavy (non-hydrogen) atoms. The van der Waals surface area contributed by atoms with E-state index in [0.717, 1.165) is 34.0 Å². The van der Waals surface area contributed by atoms with Crippen LogP contribution in [0.4, 0.5) is 11.6 Å². The molecule has 0 saturated heterocycles. The minimum absolute atomic E-state index is 0.383. The Bertz CT molecular complexity index is 1520. The minimum Gasteiger partial charge on any atom is -0.482 e. The molecular formula is C29H26N4O3S. The largest absolute Gasteiger partial charge is 0.482 e. The molecule has 5 aromatic rings. The van der Waals surface area contributed by atoms with Crippen LogP contribution in [0.3, 0.4) is 0 Å². The van der Waals surface area contributed by atoms with E-state index in [0.29, 0.717) is 24.5 Å². The van der Waals surface area contributed by atoms with Crippen molar-refractivity contribution in [1.29, 1.82) is 0 Å². The van der Waals surface area contributed by atoms with Gasteiger partial charge in [0.2, 0.25) is 5.95 Å². The molecule has 2 heterocycles. The van der Waals surface area contributed by atoms with Crippen molar-refractivity contribution in [3.05, 3.63) is 106 Å². The maximum atomic E-state index is 10.7. The van der Waals surface area contributed by atoms with Gasteiger partial charge in [0, 0.05) is 18.5 Å². The zero-order chi connectivity index (χ0) is 25.6. The van der Waals surface area contributed by atoms with E-state index < -0.39 is 5.97 Å². The van der Waals surface area contributed by atoms with Gasteiger partial charge in [0.25, 0.3) is 0 Å². The predicted molar refractivity (Wildman–Crippen MR) is 146 cm³/mol. The van der Waals surface area contributed by atoms with Gasteiger partial charge < -0.3 is 15.2 Å². The van der Waals surface area contributed by atoms with Crippen molar-refractivity contribution in [3.8, 4) is 5.75 Å². The number of benzene rings is 3. The highest BCUT2D eigenvalue weighted by molar-refractivity contribution is 7.18. The number of nitrogens with zero attached hydrogens (tertiary/aromatic N) is 3. The lowest BCUT2D eigenvalue weighted by atomic mass is 10.1. The van der Waals surface area contributed by atoms with Gasteiger partial charge in [-0.1, -0.05) is 43.3 Å². The Morgan fingerprint density at radius 1 is 0.892 bits per heavy atom. The monoisotopic (exact) mass is 510 g/mol. The molecule has 0 aliphatic heterocycles. The zero-order valence-electron chi connectivity index (χ0n) is 20.3. The molecule has 0 unspecified atom stereocenters. The SMILES string of the molecule is CCc1ccc2nc(Cc3cc(Cc4ccccc4)nc(Nc4ccc(OCC(=O)O)cc4)n3)sc2c1. The summed E-state index contributed by atoms with van der Waals surface area (Å²) in [5, 5.41) is 13.1. The minimum atomic E-state index is -1.02. The molecule has 7 nitrogen and oxygen atoms in total. The molecule has 5 rings (SSSR count). The van der Waals surface area contributed by atoms with Gasteiger partial charge in [0.15, 0.2) is 6.61 Å². The third-order valence-electron chi connectivity index (χ3n) is 5.77. The summed E-state index contributed by atoms with van der Waals surface area (Å²) in [5.74, 6) is -0.0382. The van der Waals surface area contributed by atoms with E-state index >= 15 is 0 Å². The fourth-order valence-electron chi connectivity index (χ4n) is 3.97. The molecule has 3 aromatic carbocycles. The first kappa shape index (κ1) is 24.4. The molecule has 0 bridgehead atoms. The number of rotatable bonds is 10. The lowest BCUT2D eigenvalue weighted by Crippen LogP contribution is -2.09. The van der Waals surface area contributed by atoms with E-state index in [-0.39, 0.29) is 6.61 Å². The van der Waals surface area contributed by atoms with Crippen LogP contribution in [0, 0.1) is 0 Å². The van der Waals surface area contributed by atoms with E-state index in [9.17, 15) is 4.79 Å². The number of aromatic nitrogens is 3. The standard InChI is InChI=1S/C29H26N4O3S/c1-2-19-8-13-25-26(15-19)37-27(33-25)17-23-16-22(14-20-6-4-3-5-7-20)31-29(32-23)30-21-9-11-24(12-10-21)36-18-28(34)35/h3-13,15-16H,2,14,17-18H2,1H3,(H,34,35)(H,30,31,32). The highest BCUT2D eigenvalue weighted by Gasteiger charge is 2.11. The highest BCUT2D eigenvalue weighted by Crippen LogP contribution is 2.26. The lowest BCUT2D eigenvalue weighted by molar-refractivity contribution is -0.139. The van der Waals surface area contributed by atoms with Gasteiger partial charge in [-0.2, -0.15) is 0 Å². The number of fused-ring (bicyclic) bond motifs is 1. The third-order valence-corrected chi connectivity index (χ3v) is 6.79. The number of aryl methyl sites for hydroxylation is 1. The first-order valence-electron chi connectivity index (χ1n) is 12.0. The number of hydrogen-bond donors (Lipinski definition) is 2. The van der Waals surface area contributed by atoms with Gasteiger partial charge >= 0.3 is 5.97 Å². The first-order chi connectivity index (χ1) is 18.0. The molecule has 2 aromatic heterocycles. The zero-order valence-corrected chi connectivity index (χ0v) is 21.2. The Hall–Kier alpha value is -4.30. The summed E-state index contributed by atoms with van der Waals surface area (Å²) in [4.78, 5) is 25.1. The number of carboxylic acid groups (broad SMARTS) is 1. The van der Waals surface area contributed by atoms with Crippen LogP contribution in [-0.4, -0.2) is 32.6 Å². The average molecular weight is 511 g/mol. The molecule has 0 radical (unpaired) electrons. The summed E-state index contributed by atoms with van der Waals surface area (Å²) >= 11 is 1.70. The van der Waals surface area contributed by atoms with Gasteiger partial charge in [-0.05, 0) is 60.0 Å². The number of thiazole rings is 1. The van der Waals surface area contributed by atoms with Crippen LogP contribution in [0.5, 0.6) is 5.75 Å². The quantitative estimate of drug-likeness (QED) is 0.236. The summed E-state index contributed by atoms with van der Waals surface area (Å²) in [6.07, 6.45) is 2.30. The number of carboxylic acids is 1. The van der Waals surface area contributed by atoms with Crippen LogP contribution in [0.15, 0.2) is 78.9 Å². The second-order valence-corrected chi connectivity index (χ2v) is 9.72. The van der Waals surface area contributed by atoms with Gasteiger partial charge in [0.05, 0.1) is 26.6 Å². The molecule has 0 amide bonds. The summed E-state index contributed by atoms with van der Waals surface area (Å²) in [6, 6.07) is 25.8. The Labute approximate surface area is 218 Å². The molecule has 0 atom stereocenters. The number of anilines is 2. The van der Waals surface area contributed by atoms with Crippen LogP contribution in [0.1, 0.15) is 34.4 Å². The number of ether oxygens (including phenoxy) is 1. The van der Waals surface area contributed by atoms with Crippen LogP contribution in [-0.2, 0) is 24.1 Å². The molecule has 186 valence electrons. The Morgan fingerprint density at radius 2 is 1.65 bits per heavy atom. The predicted octanol–water partition coefficient (Wildman–Crippen LogP) is 6.04. The number of aliphatic carboxylic acids is 1. The maximum absolute atomic E-state index is 10.7. The average Bonchev–Trinajstić information content (AvgIpc) is 3.30. The van der Waals surface area contributed by atoms with Crippen molar-refractivity contribution in [2.24, 2.45) is 0 Å². The molecule has 0 aliphatic carbocycles. The summed E-state index contributed by atoms with van der Waals surface area (Å²) < 4.78 is 6.41. The summed E-state index contributed by atoms with van der Waals surface area (Å²) in [6.45, 7) is 1.77. The molecule has 0 aliphatic rings. The van der Waals surface area contributed by atoms with Crippen molar-refractivity contribution in [2.75, 3.05) is 11.9 Å². The van der Waals surface area contributed by atoms with Crippen molar-refractivity contribution in [2.45, 2.75) is 26.2 Å². The topological polar surface area (TPSA) is 97.2 Å². The number of hydrogen-bond acceptors (Lipinski definition) is 7. The van der Waals surface area contributed by atoms with E-state index in [4.69, 9.17) is 24.8 Å². The molecule has 2 N–H and O–H groups in total. The van der Waals surface area contributed by atoms with Crippen molar-refractivity contribution >= 4 is 39.2 Å².